The second-order valence-corrected chi connectivity index (χ2v) is 6.66. The highest BCUT2D eigenvalue weighted by Crippen LogP contribution is 2.27. The summed E-state index contributed by atoms with van der Waals surface area (Å²) in [6.45, 7) is 2.05. The van der Waals surface area contributed by atoms with Gasteiger partial charge in [0.2, 0.25) is 11.7 Å². The zero-order chi connectivity index (χ0) is 16.4. The number of piperidine rings is 1. The van der Waals surface area contributed by atoms with Crippen molar-refractivity contribution in [1.82, 2.24) is 30.2 Å². The second kappa shape index (κ2) is 6.78. The molecule has 0 amide bonds. The first kappa shape index (κ1) is 15.4. The van der Waals surface area contributed by atoms with Crippen LogP contribution in [0.4, 0.5) is 0 Å². The fraction of sp³-hybridized carbons (Fsp3) is 0.467. The summed E-state index contributed by atoms with van der Waals surface area (Å²) in [5, 5.41) is 16.9. The number of thioether (sulfide) groups is 1. The molecule has 1 saturated heterocycles. The molecule has 0 aromatic carbocycles. The molecule has 0 spiro atoms. The lowest BCUT2D eigenvalue weighted by Gasteiger charge is -2.21. The fourth-order valence-electron chi connectivity index (χ4n) is 2.83. The Hall–Kier alpha value is -2.13. The van der Waals surface area contributed by atoms with Gasteiger partial charge in [-0.1, -0.05) is 16.9 Å². The standard InChI is InChI=1S/C15H18N6O2S/c1-21-14(10-4-2-6-16-8-10)18-19-15(21)24-9-12-17-13(20-23-12)11-5-3-7-22-11/h3,5,7,10,16H,2,4,6,8-9H2,1H3/t10-/m1/s1. The van der Waals surface area contributed by atoms with E-state index in [1.807, 2.05) is 7.05 Å². The Bertz CT molecular complexity index is 791. The van der Waals surface area contributed by atoms with E-state index in [1.165, 1.54) is 18.2 Å². The van der Waals surface area contributed by atoms with Gasteiger partial charge in [-0.25, -0.2) is 0 Å². The molecule has 3 aromatic rings. The number of hydrogen-bond donors (Lipinski definition) is 1. The van der Waals surface area contributed by atoms with Gasteiger partial charge in [-0.05, 0) is 31.5 Å². The Morgan fingerprint density at radius 3 is 3.17 bits per heavy atom. The minimum Gasteiger partial charge on any atom is -0.461 e. The topological polar surface area (TPSA) is 94.8 Å². The van der Waals surface area contributed by atoms with E-state index in [4.69, 9.17) is 8.94 Å². The molecule has 24 heavy (non-hydrogen) atoms. The van der Waals surface area contributed by atoms with E-state index < -0.39 is 0 Å². The van der Waals surface area contributed by atoms with Gasteiger partial charge in [0.25, 0.3) is 0 Å². The van der Waals surface area contributed by atoms with Crippen LogP contribution >= 0.6 is 11.8 Å². The Morgan fingerprint density at radius 2 is 2.38 bits per heavy atom. The van der Waals surface area contributed by atoms with E-state index in [9.17, 15) is 0 Å². The minimum atomic E-state index is 0.430. The Balaban J connectivity index is 1.42. The molecule has 0 saturated carbocycles. The molecule has 1 atom stereocenters. The van der Waals surface area contributed by atoms with E-state index >= 15 is 0 Å². The average molecular weight is 346 g/mol. The maximum atomic E-state index is 5.26. The highest BCUT2D eigenvalue weighted by Gasteiger charge is 2.22. The highest BCUT2D eigenvalue weighted by atomic mass is 32.2. The van der Waals surface area contributed by atoms with Crippen molar-refractivity contribution in [1.29, 1.82) is 0 Å². The number of nitrogens with one attached hydrogen (secondary N) is 1. The lowest BCUT2D eigenvalue weighted by molar-refractivity contribution is 0.390. The third-order valence-corrected chi connectivity index (χ3v) is 5.07. The van der Waals surface area contributed by atoms with Gasteiger partial charge < -0.3 is 18.8 Å². The molecule has 1 aliphatic heterocycles. The van der Waals surface area contributed by atoms with Crippen molar-refractivity contribution in [2.24, 2.45) is 7.05 Å². The van der Waals surface area contributed by atoms with Gasteiger partial charge in [0, 0.05) is 19.5 Å². The van der Waals surface area contributed by atoms with Crippen molar-refractivity contribution in [3.63, 3.8) is 0 Å². The van der Waals surface area contributed by atoms with Crippen molar-refractivity contribution in [3.8, 4) is 11.6 Å². The summed E-state index contributed by atoms with van der Waals surface area (Å²) in [7, 11) is 2.01. The van der Waals surface area contributed by atoms with Crippen molar-refractivity contribution in [2.75, 3.05) is 13.1 Å². The van der Waals surface area contributed by atoms with E-state index in [2.05, 4.69) is 30.2 Å². The van der Waals surface area contributed by atoms with Crippen molar-refractivity contribution in [2.45, 2.75) is 29.7 Å². The van der Waals surface area contributed by atoms with Gasteiger partial charge in [-0.3, -0.25) is 0 Å². The number of hydrogen-bond acceptors (Lipinski definition) is 8. The molecule has 9 heteroatoms. The molecule has 1 aliphatic rings. The minimum absolute atomic E-state index is 0.430. The summed E-state index contributed by atoms with van der Waals surface area (Å²) < 4.78 is 12.6. The first-order valence-corrected chi connectivity index (χ1v) is 8.89. The van der Waals surface area contributed by atoms with Crippen LogP contribution in [0.3, 0.4) is 0 Å². The zero-order valence-corrected chi connectivity index (χ0v) is 14.1. The summed E-state index contributed by atoms with van der Waals surface area (Å²) in [5.74, 6) is 3.60. The highest BCUT2D eigenvalue weighted by molar-refractivity contribution is 7.98. The third kappa shape index (κ3) is 3.09. The summed E-state index contributed by atoms with van der Waals surface area (Å²) in [6, 6.07) is 3.59. The van der Waals surface area contributed by atoms with Crippen LogP contribution in [0.5, 0.6) is 0 Å². The molecular formula is C15H18N6O2S. The maximum Gasteiger partial charge on any atom is 0.238 e. The van der Waals surface area contributed by atoms with Crippen LogP contribution in [0.25, 0.3) is 11.6 Å². The van der Waals surface area contributed by atoms with Crippen LogP contribution in [-0.4, -0.2) is 38.0 Å². The third-order valence-electron chi connectivity index (χ3n) is 4.07. The largest absolute Gasteiger partial charge is 0.461 e. The van der Waals surface area contributed by atoms with Crippen molar-refractivity contribution in [3.05, 3.63) is 30.1 Å². The van der Waals surface area contributed by atoms with Crippen LogP contribution < -0.4 is 5.32 Å². The van der Waals surface area contributed by atoms with Crippen LogP contribution in [0.2, 0.25) is 0 Å². The summed E-state index contributed by atoms with van der Waals surface area (Å²) in [5.41, 5.74) is 0. The number of nitrogens with zero attached hydrogens (tertiary/aromatic N) is 5. The van der Waals surface area contributed by atoms with Crippen molar-refractivity contribution < 1.29 is 8.94 Å². The van der Waals surface area contributed by atoms with Gasteiger partial charge in [-0.2, -0.15) is 4.98 Å². The van der Waals surface area contributed by atoms with Gasteiger partial charge in [-0.15, -0.1) is 10.2 Å². The zero-order valence-electron chi connectivity index (χ0n) is 13.3. The smallest absolute Gasteiger partial charge is 0.238 e. The monoisotopic (exact) mass is 346 g/mol. The van der Waals surface area contributed by atoms with Crippen LogP contribution in [0.15, 0.2) is 32.5 Å². The molecule has 0 bridgehead atoms. The molecule has 126 valence electrons. The predicted molar refractivity (Wildman–Crippen MR) is 87.4 cm³/mol. The quantitative estimate of drug-likeness (QED) is 0.703. The average Bonchev–Trinajstić information content (AvgIpc) is 3.35. The molecular weight excluding hydrogens is 328 g/mol. The molecule has 4 heterocycles. The van der Waals surface area contributed by atoms with E-state index in [-0.39, 0.29) is 0 Å². The van der Waals surface area contributed by atoms with E-state index in [0.29, 0.717) is 29.1 Å². The lowest BCUT2D eigenvalue weighted by atomic mass is 9.99. The number of aromatic nitrogens is 5. The second-order valence-electron chi connectivity index (χ2n) is 5.72. The summed E-state index contributed by atoms with van der Waals surface area (Å²) in [4.78, 5) is 4.33. The molecule has 0 aliphatic carbocycles. The fourth-order valence-corrected chi connectivity index (χ4v) is 3.58. The van der Waals surface area contributed by atoms with E-state index in [0.717, 1.165) is 30.5 Å². The van der Waals surface area contributed by atoms with Crippen LogP contribution in [-0.2, 0) is 12.8 Å². The molecule has 1 fully saturated rings. The Labute approximate surface area is 143 Å². The van der Waals surface area contributed by atoms with Crippen molar-refractivity contribution >= 4 is 11.8 Å². The van der Waals surface area contributed by atoms with Gasteiger partial charge in [0.05, 0.1) is 12.0 Å². The Morgan fingerprint density at radius 1 is 1.42 bits per heavy atom. The first-order valence-electron chi connectivity index (χ1n) is 7.90. The number of furan rings is 1. The summed E-state index contributed by atoms with van der Waals surface area (Å²) in [6.07, 6.45) is 3.92. The van der Waals surface area contributed by atoms with Crippen LogP contribution in [0.1, 0.15) is 30.5 Å². The van der Waals surface area contributed by atoms with Gasteiger partial charge in [0.1, 0.15) is 5.82 Å². The summed E-state index contributed by atoms with van der Waals surface area (Å²) >= 11 is 1.54. The molecule has 0 radical (unpaired) electrons. The SMILES string of the molecule is Cn1c(SCc2nc(-c3ccco3)no2)nnc1[C@@H]1CCCNC1. The molecule has 4 rings (SSSR count). The maximum absolute atomic E-state index is 5.26. The van der Waals surface area contributed by atoms with Gasteiger partial charge in [0.15, 0.2) is 10.9 Å². The lowest BCUT2D eigenvalue weighted by Crippen LogP contribution is -2.29. The Kier molecular flexibility index (Phi) is 4.35. The molecule has 0 unspecified atom stereocenters. The number of rotatable bonds is 5. The van der Waals surface area contributed by atoms with Crippen LogP contribution in [0, 0.1) is 0 Å². The van der Waals surface area contributed by atoms with E-state index in [1.54, 1.807) is 18.4 Å². The molecule has 3 aromatic heterocycles. The molecule has 1 N–H and O–H groups in total. The first-order chi connectivity index (χ1) is 11.8. The normalized spacial score (nSPS) is 18.1. The van der Waals surface area contributed by atoms with Gasteiger partial charge >= 0.3 is 0 Å². The predicted octanol–water partition coefficient (Wildman–Crippen LogP) is 2.22. The molecule has 8 nitrogen and oxygen atoms in total.